The summed E-state index contributed by atoms with van der Waals surface area (Å²) in [5.74, 6) is 0.772. The normalized spacial score (nSPS) is 11.0. The largest absolute Gasteiger partial charge is 0.357 e. The standard InChI is InChI=1S/C19H21ClN4/c1-2-22-19(23-11-10-15-6-8-18(20)9-7-15)24-14-17-5-3-4-16(12-17)13-21/h3-9,12H,2,10-11,14H2,1H3,(H2,22,23,24). The van der Waals surface area contributed by atoms with Crippen LogP contribution in [0.1, 0.15) is 23.6 Å². The zero-order chi connectivity index (χ0) is 17.2. The van der Waals surface area contributed by atoms with Gasteiger partial charge in [-0.3, -0.25) is 0 Å². The number of hydrogen-bond donors (Lipinski definition) is 2. The Bertz CT molecular complexity index is 717. The minimum Gasteiger partial charge on any atom is -0.357 e. The van der Waals surface area contributed by atoms with Crippen LogP contribution in [0.4, 0.5) is 0 Å². The van der Waals surface area contributed by atoms with E-state index in [1.165, 1.54) is 5.56 Å². The van der Waals surface area contributed by atoms with Crippen molar-refractivity contribution in [2.75, 3.05) is 13.1 Å². The molecule has 0 radical (unpaired) electrons. The Morgan fingerprint density at radius 3 is 2.62 bits per heavy atom. The fourth-order valence-corrected chi connectivity index (χ4v) is 2.35. The Kier molecular flexibility index (Phi) is 7.13. The molecule has 0 unspecified atom stereocenters. The van der Waals surface area contributed by atoms with E-state index in [0.29, 0.717) is 12.1 Å². The maximum atomic E-state index is 8.95. The molecule has 2 aromatic rings. The Balaban J connectivity index is 1.90. The quantitative estimate of drug-likeness (QED) is 0.625. The molecule has 0 aliphatic carbocycles. The van der Waals surface area contributed by atoms with Crippen LogP contribution in [0.5, 0.6) is 0 Å². The predicted molar refractivity (Wildman–Crippen MR) is 99.1 cm³/mol. The summed E-state index contributed by atoms with van der Waals surface area (Å²) >= 11 is 5.89. The van der Waals surface area contributed by atoms with Crippen LogP contribution in [0.2, 0.25) is 5.02 Å². The summed E-state index contributed by atoms with van der Waals surface area (Å²) in [5.41, 5.74) is 2.90. The third-order valence-electron chi connectivity index (χ3n) is 3.44. The summed E-state index contributed by atoms with van der Waals surface area (Å²) < 4.78 is 0. The molecule has 0 saturated carbocycles. The molecular weight excluding hydrogens is 320 g/mol. The number of aliphatic imine (C=N–C) groups is 1. The second kappa shape index (κ2) is 9.59. The Morgan fingerprint density at radius 2 is 1.92 bits per heavy atom. The van der Waals surface area contributed by atoms with Crippen molar-refractivity contribution in [3.05, 3.63) is 70.2 Å². The van der Waals surface area contributed by atoms with Crippen molar-refractivity contribution in [2.45, 2.75) is 19.9 Å². The number of rotatable bonds is 6. The molecule has 2 rings (SSSR count). The van der Waals surface area contributed by atoms with E-state index in [1.54, 1.807) is 6.07 Å². The predicted octanol–water partition coefficient (Wildman–Crippen LogP) is 3.51. The highest BCUT2D eigenvalue weighted by Crippen LogP contribution is 2.09. The van der Waals surface area contributed by atoms with Gasteiger partial charge in [-0.05, 0) is 48.7 Å². The van der Waals surface area contributed by atoms with Gasteiger partial charge in [0.2, 0.25) is 0 Å². The third kappa shape index (κ3) is 5.94. The lowest BCUT2D eigenvalue weighted by Gasteiger charge is -2.11. The zero-order valence-corrected chi connectivity index (χ0v) is 14.5. The molecular formula is C19H21ClN4. The van der Waals surface area contributed by atoms with Gasteiger partial charge in [-0.2, -0.15) is 5.26 Å². The molecule has 0 fully saturated rings. The minimum absolute atomic E-state index is 0.534. The first kappa shape index (κ1) is 17.8. The fourth-order valence-electron chi connectivity index (χ4n) is 2.23. The molecule has 0 amide bonds. The van der Waals surface area contributed by atoms with E-state index in [4.69, 9.17) is 16.9 Å². The van der Waals surface area contributed by atoms with E-state index in [0.717, 1.165) is 36.1 Å². The van der Waals surface area contributed by atoms with Crippen LogP contribution in [0.15, 0.2) is 53.5 Å². The van der Waals surface area contributed by atoms with Gasteiger partial charge in [0.15, 0.2) is 5.96 Å². The zero-order valence-electron chi connectivity index (χ0n) is 13.7. The van der Waals surface area contributed by atoms with E-state index in [1.807, 2.05) is 49.4 Å². The second-order valence-corrected chi connectivity index (χ2v) is 5.75. The van der Waals surface area contributed by atoms with Gasteiger partial charge >= 0.3 is 0 Å². The van der Waals surface area contributed by atoms with Gasteiger partial charge in [0.05, 0.1) is 18.2 Å². The lowest BCUT2D eigenvalue weighted by atomic mass is 10.1. The highest BCUT2D eigenvalue weighted by molar-refractivity contribution is 6.30. The molecule has 124 valence electrons. The van der Waals surface area contributed by atoms with Gasteiger partial charge in [0, 0.05) is 18.1 Å². The molecule has 0 aliphatic rings. The third-order valence-corrected chi connectivity index (χ3v) is 3.69. The number of halogens is 1. The van der Waals surface area contributed by atoms with Crippen molar-refractivity contribution in [1.82, 2.24) is 10.6 Å². The molecule has 4 nitrogen and oxygen atoms in total. The van der Waals surface area contributed by atoms with Crippen molar-refractivity contribution in [3.63, 3.8) is 0 Å². The molecule has 2 aromatic carbocycles. The van der Waals surface area contributed by atoms with Crippen molar-refractivity contribution < 1.29 is 0 Å². The Hall–Kier alpha value is -2.51. The lowest BCUT2D eigenvalue weighted by Crippen LogP contribution is -2.38. The molecule has 0 spiro atoms. The van der Waals surface area contributed by atoms with Crippen LogP contribution < -0.4 is 10.6 Å². The number of nitrogens with one attached hydrogen (secondary N) is 2. The van der Waals surface area contributed by atoms with Crippen molar-refractivity contribution >= 4 is 17.6 Å². The summed E-state index contributed by atoms with van der Waals surface area (Å²) in [6, 6.07) is 17.5. The molecule has 24 heavy (non-hydrogen) atoms. The molecule has 0 heterocycles. The van der Waals surface area contributed by atoms with E-state index in [2.05, 4.69) is 21.7 Å². The van der Waals surface area contributed by atoms with Crippen LogP contribution in [0.3, 0.4) is 0 Å². The number of hydrogen-bond acceptors (Lipinski definition) is 2. The van der Waals surface area contributed by atoms with Crippen molar-refractivity contribution in [2.24, 2.45) is 4.99 Å². The molecule has 5 heteroatoms. The monoisotopic (exact) mass is 340 g/mol. The van der Waals surface area contributed by atoms with Gasteiger partial charge in [-0.15, -0.1) is 0 Å². The Morgan fingerprint density at radius 1 is 1.12 bits per heavy atom. The fraction of sp³-hybridized carbons (Fsp3) is 0.263. The first-order valence-electron chi connectivity index (χ1n) is 7.97. The van der Waals surface area contributed by atoms with Crippen LogP contribution in [0, 0.1) is 11.3 Å². The highest BCUT2D eigenvalue weighted by atomic mass is 35.5. The van der Waals surface area contributed by atoms with Gasteiger partial charge in [0.25, 0.3) is 0 Å². The molecule has 2 N–H and O–H groups in total. The lowest BCUT2D eigenvalue weighted by molar-refractivity contribution is 0.799. The van der Waals surface area contributed by atoms with E-state index >= 15 is 0 Å². The van der Waals surface area contributed by atoms with E-state index in [9.17, 15) is 0 Å². The molecule has 0 aliphatic heterocycles. The SMILES string of the molecule is CCNC(=NCc1cccc(C#N)c1)NCCc1ccc(Cl)cc1. The number of nitriles is 1. The van der Waals surface area contributed by atoms with Crippen LogP contribution in [0.25, 0.3) is 0 Å². The highest BCUT2D eigenvalue weighted by Gasteiger charge is 1.99. The summed E-state index contributed by atoms with van der Waals surface area (Å²) in [5, 5.41) is 16.3. The first-order valence-corrected chi connectivity index (χ1v) is 8.34. The van der Waals surface area contributed by atoms with Gasteiger partial charge in [-0.1, -0.05) is 35.9 Å². The van der Waals surface area contributed by atoms with E-state index in [-0.39, 0.29) is 0 Å². The molecule has 0 atom stereocenters. The van der Waals surface area contributed by atoms with Crippen molar-refractivity contribution in [1.29, 1.82) is 5.26 Å². The molecule has 0 saturated heterocycles. The summed E-state index contributed by atoms with van der Waals surface area (Å²) in [6.45, 7) is 4.15. The number of guanidine groups is 1. The Labute approximate surface area is 148 Å². The summed E-state index contributed by atoms with van der Waals surface area (Å²) in [4.78, 5) is 4.57. The smallest absolute Gasteiger partial charge is 0.191 e. The summed E-state index contributed by atoms with van der Waals surface area (Å²) in [6.07, 6.45) is 0.894. The average Bonchev–Trinajstić information content (AvgIpc) is 2.61. The summed E-state index contributed by atoms with van der Waals surface area (Å²) in [7, 11) is 0. The maximum absolute atomic E-state index is 8.95. The maximum Gasteiger partial charge on any atom is 0.191 e. The van der Waals surface area contributed by atoms with Gasteiger partial charge < -0.3 is 10.6 Å². The van der Waals surface area contributed by atoms with Gasteiger partial charge in [-0.25, -0.2) is 4.99 Å². The van der Waals surface area contributed by atoms with Crippen molar-refractivity contribution in [3.8, 4) is 6.07 Å². The number of benzene rings is 2. The molecule has 0 bridgehead atoms. The van der Waals surface area contributed by atoms with E-state index < -0.39 is 0 Å². The second-order valence-electron chi connectivity index (χ2n) is 5.31. The minimum atomic E-state index is 0.534. The average molecular weight is 341 g/mol. The topological polar surface area (TPSA) is 60.2 Å². The van der Waals surface area contributed by atoms with Crippen LogP contribution in [-0.4, -0.2) is 19.0 Å². The van der Waals surface area contributed by atoms with Gasteiger partial charge in [0.1, 0.15) is 0 Å². The first-order chi connectivity index (χ1) is 11.7. The van der Waals surface area contributed by atoms with Crippen LogP contribution in [-0.2, 0) is 13.0 Å². The molecule has 0 aromatic heterocycles. The van der Waals surface area contributed by atoms with Crippen LogP contribution >= 0.6 is 11.6 Å². The number of nitrogens with zero attached hydrogens (tertiary/aromatic N) is 2.